The molecule has 1 aromatic carbocycles. The molecule has 1 heterocycles. The minimum Gasteiger partial charge on any atom is -0.497 e. The van der Waals surface area contributed by atoms with E-state index in [1.165, 1.54) is 25.6 Å². The van der Waals surface area contributed by atoms with E-state index < -0.39 is 10.0 Å². The molecule has 0 aliphatic heterocycles. The number of aromatic amines is 1. The topological polar surface area (TPSA) is 110 Å². The Labute approximate surface area is 117 Å². The van der Waals surface area contributed by atoms with Crippen LogP contribution in [0.3, 0.4) is 0 Å². The van der Waals surface area contributed by atoms with Crippen LogP contribution in [-0.2, 0) is 16.4 Å². The highest BCUT2D eigenvalue weighted by Crippen LogP contribution is 2.24. The molecule has 2 aromatic rings. The second kappa shape index (κ2) is 5.93. The zero-order valence-electron chi connectivity index (χ0n) is 11.0. The summed E-state index contributed by atoms with van der Waals surface area (Å²) in [4.78, 5) is 0.185. The average molecular weight is 296 g/mol. The van der Waals surface area contributed by atoms with Gasteiger partial charge in [-0.2, -0.15) is 5.10 Å². The monoisotopic (exact) mass is 296 g/mol. The zero-order chi connectivity index (χ0) is 14.6. The van der Waals surface area contributed by atoms with Gasteiger partial charge in [0.05, 0.1) is 23.9 Å². The third-order valence-corrected chi connectivity index (χ3v) is 4.20. The van der Waals surface area contributed by atoms with E-state index in [-0.39, 0.29) is 4.90 Å². The Kier molecular flexibility index (Phi) is 4.26. The minimum atomic E-state index is -3.68. The highest BCUT2D eigenvalue weighted by molar-refractivity contribution is 7.92. The van der Waals surface area contributed by atoms with Crippen LogP contribution < -0.4 is 15.2 Å². The highest BCUT2D eigenvalue weighted by Gasteiger charge is 2.19. The van der Waals surface area contributed by atoms with Crippen molar-refractivity contribution >= 4 is 15.7 Å². The molecule has 8 heteroatoms. The first-order valence-corrected chi connectivity index (χ1v) is 7.43. The maximum absolute atomic E-state index is 12.4. The number of benzene rings is 1. The van der Waals surface area contributed by atoms with Gasteiger partial charge in [0.2, 0.25) is 0 Å². The van der Waals surface area contributed by atoms with Gasteiger partial charge >= 0.3 is 0 Å². The molecule has 0 saturated heterocycles. The van der Waals surface area contributed by atoms with E-state index in [9.17, 15) is 8.42 Å². The fraction of sp³-hybridized carbons (Fsp3) is 0.250. The minimum absolute atomic E-state index is 0.185. The van der Waals surface area contributed by atoms with Crippen molar-refractivity contribution in [3.63, 3.8) is 0 Å². The molecule has 0 atom stereocenters. The average Bonchev–Trinajstić information content (AvgIpc) is 2.91. The van der Waals surface area contributed by atoms with Crippen molar-refractivity contribution in [1.82, 2.24) is 10.2 Å². The molecule has 7 nitrogen and oxygen atoms in total. The van der Waals surface area contributed by atoms with Crippen LogP contribution in [0, 0.1) is 0 Å². The molecule has 4 N–H and O–H groups in total. The molecular formula is C12H16N4O3S. The molecule has 0 unspecified atom stereocenters. The number of sulfonamides is 1. The van der Waals surface area contributed by atoms with Crippen molar-refractivity contribution in [3.8, 4) is 5.75 Å². The molecule has 0 aliphatic rings. The Morgan fingerprint density at radius 3 is 2.85 bits per heavy atom. The molecule has 0 amide bonds. The first-order chi connectivity index (χ1) is 9.56. The first-order valence-electron chi connectivity index (χ1n) is 5.95. The fourth-order valence-corrected chi connectivity index (χ4v) is 3.10. The van der Waals surface area contributed by atoms with E-state index in [0.717, 1.165) is 0 Å². The molecule has 0 spiro atoms. The summed E-state index contributed by atoms with van der Waals surface area (Å²) in [5, 5.41) is 6.24. The Morgan fingerprint density at radius 1 is 1.45 bits per heavy atom. The summed E-state index contributed by atoms with van der Waals surface area (Å²) in [5.41, 5.74) is 6.52. The predicted molar refractivity (Wildman–Crippen MR) is 75.1 cm³/mol. The van der Waals surface area contributed by atoms with E-state index in [0.29, 0.717) is 30.0 Å². The summed E-state index contributed by atoms with van der Waals surface area (Å²) in [5.74, 6) is 0.593. The first kappa shape index (κ1) is 14.4. The van der Waals surface area contributed by atoms with Gasteiger partial charge in [0.25, 0.3) is 10.0 Å². The Balaban J connectivity index is 2.39. The van der Waals surface area contributed by atoms with Crippen LogP contribution in [0.2, 0.25) is 0 Å². The Bertz CT molecular complexity index is 668. The number of methoxy groups -OCH3 is 1. The van der Waals surface area contributed by atoms with Crippen LogP contribution in [0.25, 0.3) is 0 Å². The van der Waals surface area contributed by atoms with E-state index >= 15 is 0 Å². The van der Waals surface area contributed by atoms with Crippen LogP contribution in [-0.4, -0.2) is 32.3 Å². The number of aromatic nitrogens is 2. The maximum atomic E-state index is 12.4. The number of hydrogen-bond acceptors (Lipinski definition) is 5. The standard InChI is InChI=1S/C12H16N4O3S/c1-19-11-2-3-12(9(6-11)4-5-13)20(17,18)16-10-7-14-15-8-10/h2-3,6-8,16H,4-5,13H2,1H3,(H,14,15). The van der Waals surface area contributed by atoms with Crippen molar-refractivity contribution in [1.29, 1.82) is 0 Å². The van der Waals surface area contributed by atoms with Gasteiger partial charge in [0, 0.05) is 6.20 Å². The van der Waals surface area contributed by atoms with Crippen LogP contribution in [0.15, 0.2) is 35.5 Å². The van der Waals surface area contributed by atoms with Crippen LogP contribution in [0.5, 0.6) is 5.75 Å². The third-order valence-electron chi connectivity index (χ3n) is 2.72. The zero-order valence-corrected chi connectivity index (χ0v) is 11.8. The number of hydrogen-bond donors (Lipinski definition) is 3. The van der Waals surface area contributed by atoms with Crippen molar-refractivity contribution in [2.45, 2.75) is 11.3 Å². The summed E-state index contributed by atoms with van der Waals surface area (Å²) < 4.78 is 32.3. The Hall–Kier alpha value is -2.06. The fourth-order valence-electron chi connectivity index (χ4n) is 1.81. The Morgan fingerprint density at radius 2 is 2.25 bits per heavy atom. The molecule has 0 radical (unpaired) electrons. The van der Waals surface area contributed by atoms with Crippen LogP contribution >= 0.6 is 0 Å². The summed E-state index contributed by atoms with van der Waals surface area (Å²) >= 11 is 0. The molecule has 1 aromatic heterocycles. The smallest absolute Gasteiger partial charge is 0.262 e. The van der Waals surface area contributed by atoms with Crippen molar-refractivity contribution in [3.05, 3.63) is 36.2 Å². The van der Waals surface area contributed by atoms with Gasteiger partial charge in [0.15, 0.2) is 0 Å². The number of ether oxygens (including phenoxy) is 1. The maximum Gasteiger partial charge on any atom is 0.262 e. The quantitative estimate of drug-likeness (QED) is 0.727. The summed E-state index contributed by atoms with van der Waals surface area (Å²) in [6.07, 6.45) is 3.30. The van der Waals surface area contributed by atoms with Gasteiger partial charge in [-0.05, 0) is 36.7 Å². The number of nitrogens with zero attached hydrogens (tertiary/aromatic N) is 1. The molecule has 108 valence electrons. The second-order valence-electron chi connectivity index (χ2n) is 4.10. The van der Waals surface area contributed by atoms with Gasteiger partial charge in [-0.3, -0.25) is 9.82 Å². The SMILES string of the molecule is COc1ccc(S(=O)(=O)Nc2cn[nH]c2)c(CCN)c1. The number of rotatable bonds is 6. The lowest BCUT2D eigenvalue weighted by atomic mass is 10.1. The van der Waals surface area contributed by atoms with E-state index in [1.54, 1.807) is 12.1 Å². The largest absolute Gasteiger partial charge is 0.497 e. The van der Waals surface area contributed by atoms with Crippen molar-refractivity contribution < 1.29 is 13.2 Å². The predicted octanol–water partition coefficient (Wildman–Crippen LogP) is 0.720. The highest BCUT2D eigenvalue weighted by atomic mass is 32.2. The number of nitrogens with one attached hydrogen (secondary N) is 2. The molecular weight excluding hydrogens is 280 g/mol. The van der Waals surface area contributed by atoms with E-state index in [2.05, 4.69) is 14.9 Å². The summed E-state index contributed by atoms with van der Waals surface area (Å²) in [7, 11) is -2.15. The van der Waals surface area contributed by atoms with E-state index in [1.807, 2.05) is 0 Å². The van der Waals surface area contributed by atoms with Crippen LogP contribution in [0.4, 0.5) is 5.69 Å². The molecule has 20 heavy (non-hydrogen) atoms. The lowest BCUT2D eigenvalue weighted by molar-refractivity contribution is 0.414. The second-order valence-corrected chi connectivity index (χ2v) is 5.76. The number of H-pyrrole nitrogens is 1. The van der Waals surface area contributed by atoms with Gasteiger partial charge in [0.1, 0.15) is 5.75 Å². The van der Waals surface area contributed by atoms with Crippen LogP contribution in [0.1, 0.15) is 5.56 Å². The lowest BCUT2D eigenvalue weighted by Gasteiger charge is -2.12. The number of anilines is 1. The van der Waals surface area contributed by atoms with Gasteiger partial charge in [-0.25, -0.2) is 8.42 Å². The van der Waals surface area contributed by atoms with Gasteiger partial charge in [-0.15, -0.1) is 0 Å². The number of nitrogens with two attached hydrogens (primary N) is 1. The molecule has 0 saturated carbocycles. The summed E-state index contributed by atoms with van der Waals surface area (Å²) in [6, 6.07) is 4.78. The molecule has 2 rings (SSSR count). The molecule has 0 fully saturated rings. The normalized spacial score (nSPS) is 11.3. The molecule has 0 bridgehead atoms. The van der Waals surface area contributed by atoms with E-state index in [4.69, 9.17) is 10.5 Å². The lowest BCUT2D eigenvalue weighted by Crippen LogP contribution is -2.16. The van der Waals surface area contributed by atoms with Crippen molar-refractivity contribution in [2.24, 2.45) is 5.73 Å². The van der Waals surface area contributed by atoms with Gasteiger partial charge < -0.3 is 10.5 Å². The van der Waals surface area contributed by atoms with Crippen molar-refractivity contribution in [2.75, 3.05) is 18.4 Å². The van der Waals surface area contributed by atoms with Gasteiger partial charge in [-0.1, -0.05) is 0 Å². The summed E-state index contributed by atoms with van der Waals surface area (Å²) in [6.45, 7) is 0.349. The third kappa shape index (κ3) is 3.09. The molecule has 0 aliphatic carbocycles.